The van der Waals surface area contributed by atoms with Crippen molar-refractivity contribution < 1.29 is 0 Å². The largest absolute Gasteiger partial charge is 0.314 e. The van der Waals surface area contributed by atoms with Gasteiger partial charge in [-0.2, -0.15) is 0 Å². The predicted octanol–water partition coefficient (Wildman–Crippen LogP) is 1.47. The predicted molar refractivity (Wildman–Crippen MR) is 55.9 cm³/mol. The van der Waals surface area contributed by atoms with E-state index in [9.17, 15) is 0 Å². The molecule has 0 radical (unpaired) electrons. The van der Waals surface area contributed by atoms with E-state index in [2.05, 4.69) is 24.1 Å². The van der Waals surface area contributed by atoms with Crippen LogP contribution in [0.2, 0.25) is 0 Å². The molecule has 0 amide bonds. The van der Waals surface area contributed by atoms with Crippen LogP contribution >= 0.6 is 0 Å². The zero-order chi connectivity index (χ0) is 9.31. The van der Waals surface area contributed by atoms with E-state index < -0.39 is 0 Å². The third-order valence-corrected chi connectivity index (χ3v) is 3.94. The zero-order valence-electron chi connectivity index (χ0n) is 8.97. The van der Waals surface area contributed by atoms with Crippen molar-refractivity contribution in [3.8, 4) is 0 Å². The second kappa shape index (κ2) is 3.58. The monoisotopic (exact) mass is 182 g/mol. The Morgan fingerprint density at radius 1 is 1.46 bits per heavy atom. The fourth-order valence-corrected chi connectivity index (χ4v) is 2.49. The van der Waals surface area contributed by atoms with E-state index in [-0.39, 0.29) is 0 Å². The molecule has 0 bridgehead atoms. The van der Waals surface area contributed by atoms with Gasteiger partial charge in [0.2, 0.25) is 0 Å². The lowest BCUT2D eigenvalue weighted by molar-refractivity contribution is 0.0440. The normalized spacial score (nSPS) is 37.4. The summed E-state index contributed by atoms with van der Waals surface area (Å²) in [4.78, 5) is 2.70. The van der Waals surface area contributed by atoms with Crippen LogP contribution in [-0.2, 0) is 0 Å². The van der Waals surface area contributed by atoms with Gasteiger partial charge in [-0.1, -0.05) is 13.8 Å². The van der Waals surface area contributed by atoms with Crippen LogP contribution in [-0.4, -0.2) is 37.1 Å². The molecule has 0 saturated carbocycles. The van der Waals surface area contributed by atoms with Crippen molar-refractivity contribution in [3.63, 3.8) is 0 Å². The zero-order valence-corrected chi connectivity index (χ0v) is 8.97. The van der Waals surface area contributed by atoms with Crippen LogP contribution in [0.15, 0.2) is 0 Å². The van der Waals surface area contributed by atoms with E-state index in [4.69, 9.17) is 0 Å². The van der Waals surface area contributed by atoms with E-state index in [1.54, 1.807) is 0 Å². The molecule has 0 spiro atoms. The molecule has 2 aliphatic heterocycles. The van der Waals surface area contributed by atoms with Gasteiger partial charge in [-0.25, -0.2) is 0 Å². The van der Waals surface area contributed by atoms with Crippen LogP contribution in [0.3, 0.4) is 0 Å². The number of likely N-dealkylation sites (tertiary alicyclic amines) is 1. The van der Waals surface area contributed by atoms with Gasteiger partial charge in [-0.3, -0.25) is 4.90 Å². The standard InChI is InChI=1S/C11H22N2/c1-3-11(2)5-4-6-13(9-11)10-7-12-8-10/h10,12H,3-9H2,1-2H3. The number of piperidine rings is 1. The first kappa shape index (κ1) is 9.47. The highest BCUT2D eigenvalue weighted by molar-refractivity contribution is 4.91. The average Bonchev–Trinajstić information content (AvgIpc) is 2.01. The molecular weight excluding hydrogens is 160 g/mol. The van der Waals surface area contributed by atoms with Crippen molar-refractivity contribution in [2.24, 2.45) is 5.41 Å². The summed E-state index contributed by atoms with van der Waals surface area (Å²) in [5, 5.41) is 3.36. The van der Waals surface area contributed by atoms with E-state index in [0.29, 0.717) is 5.41 Å². The average molecular weight is 182 g/mol. The van der Waals surface area contributed by atoms with Crippen LogP contribution in [0.5, 0.6) is 0 Å². The first-order valence-electron chi connectivity index (χ1n) is 5.68. The van der Waals surface area contributed by atoms with E-state index in [1.165, 1.54) is 45.4 Å². The molecule has 1 unspecified atom stereocenters. The molecule has 2 fully saturated rings. The summed E-state index contributed by atoms with van der Waals surface area (Å²) in [7, 11) is 0. The molecule has 1 atom stereocenters. The van der Waals surface area contributed by atoms with Crippen molar-refractivity contribution in [2.75, 3.05) is 26.2 Å². The van der Waals surface area contributed by atoms with Crippen molar-refractivity contribution in [1.29, 1.82) is 0 Å². The van der Waals surface area contributed by atoms with Crippen molar-refractivity contribution >= 4 is 0 Å². The summed E-state index contributed by atoms with van der Waals surface area (Å²) in [6, 6.07) is 0.853. The third-order valence-electron chi connectivity index (χ3n) is 3.94. The fourth-order valence-electron chi connectivity index (χ4n) is 2.49. The lowest BCUT2D eigenvalue weighted by Gasteiger charge is -2.46. The topological polar surface area (TPSA) is 15.3 Å². The summed E-state index contributed by atoms with van der Waals surface area (Å²) < 4.78 is 0. The number of nitrogens with one attached hydrogen (secondary N) is 1. The van der Waals surface area contributed by atoms with Crippen LogP contribution in [0.4, 0.5) is 0 Å². The minimum Gasteiger partial charge on any atom is -0.314 e. The number of hydrogen-bond donors (Lipinski definition) is 1. The van der Waals surface area contributed by atoms with Gasteiger partial charge in [0.25, 0.3) is 0 Å². The third kappa shape index (κ3) is 1.89. The summed E-state index contributed by atoms with van der Waals surface area (Å²) in [6.07, 6.45) is 4.17. The number of rotatable bonds is 2. The van der Waals surface area contributed by atoms with E-state index in [1.807, 2.05) is 0 Å². The molecule has 76 valence electrons. The fraction of sp³-hybridized carbons (Fsp3) is 1.00. The maximum atomic E-state index is 3.36. The highest BCUT2D eigenvalue weighted by Crippen LogP contribution is 2.33. The molecular formula is C11H22N2. The second-order valence-electron chi connectivity index (χ2n) is 5.05. The Kier molecular flexibility index (Phi) is 2.61. The minimum atomic E-state index is 0.605. The summed E-state index contributed by atoms with van der Waals surface area (Å²) in [5.41, 5.74) is 0.605. The van der Waals surface area contributed by atoms with Gasteiger partial charge < -0.3 is 5.32 Å². The van der Waals surface area contributed by atoms with Crippen LogP contribution in [0.25, 0.3) is 0 Å². The molecule has 2 heteroatoms. The van der Waals surface area contributed by atoms with Gasteiger partial charge in [-0.05, 0) is 31.2 Å². The molecule has 2 heterocycles. The highest BCUT2D eigenvalue weighted by Gasteiger charge is 2.34. The summed E-state index contributed by atoms with van der Waals surface area (Å²) >= 11 is 0. The van der Waals surface area contributed by atoms with Crippen molar-refractivity contribution in [2.45, 2.75) is 39.2 Å². The Hall–Kier alpha value is -0.0800. The molecule has 0 aromatic rings. The van der Waals surface area contributed by atoms with E-state index >= 15 is 0 Å². The Morgan fingerprint density at radius 3 is 2.77 bits per heavy atom. The smallest absolute Gasteiger partial charge is 0.0345 e. The van der Waals surface area contributed by atoms with Gasteiger partial charge in [0.15, 0.2) is 0 Å². The Balaban J connectivity index is 1.91. The molecule has 2 rings (SSSR count). The highest BCUT2D eigenvalue weighted by atomic mass is 15.2. The summed E-state index contributed by atoms with van der Waals surface area (Å²) in [6.45, 7) is 9.89. The van der Waals surface area contributed by atoms with Gasteiger partial charge in [0, 0.05) is 25.7 Å². The summed E-state index contributed by atoms with van der Waals surface area (Å²) in [5.74, 6) is 0. The van der Waals surface area contributed by atoms with Gasteiger partial charge in [0.05, 0.1) is 0 Å². The van der Waals surface area contributed by atoms with Crippen molar-refractivity contribution in [1.82, 2.24) is 10.2 Å². The number of nitrogens with zero attached hydrogens (tertiary/aromatic N) is 1. The molecule has 0 aliphatic carbocycles. The molecule has 2 nitrogen and oxygen atoms in total. The Morgan fingerprint density at radius 2 is 2.23 bits per heavy atom. The van der Waals surface area contributed by atoms with Crippen LogP contribution < -0.4 is 5.32 Å². The van der Waals surface area contributed by atoms with Crippen LogP contribution in [0, 0.1) is 5.41 Å². The first-order valence-corrected chi connectivity index (χ1v) is 5.68. The lowest BCUT2D eigenvalue weighted by atomic mass is 9.79. The van der Waals surface area contributed by atoms with Gasteiger partial charge >= 0.3 is 0 Å². The van der Waals surface area contributed by atoms with Crippen LogP contribution in [0.1, 0.15) is 33.1 Å². The Bertz CT molecular complexity index is 177. The quantitative estimate of drug-likeness (QED) is 0.695. The number of hydrogen-bond acceptors (Lipinski definition) is 2. The maximum absolute atomic E-state index is 3.36. The minimum absolute atomic E-state index is 0.605. The van der Waals surface area contributed by atoms with E-state index in [0.717, 1.165) is 6.04 Å². The lowest BCUT2D eigenvalue weighted by Crippen LogP contribution is -2.60. The molecule has 2 aliphatic rings. The Labute approximate surface area is 81.7 Å². The molecule has 1 N–H and O–H groups in total. The molecule has 2 saturated heterocycles. The second-order valence-corrected chi connectivity index (χ2v) is 5.05. The molecule has 0 aromatic carbocycles. The van der Waals surface area contributed by atoms with Crippen molar-refractivity contribution in [3.05, 3.63) is 0 Å². The molecule has 0 aromatic heterocycles. The van der Waals surface area contributed by atoms with Gasteiger partial charge in [-0.15, -0.1) is 0 Å². The maximum Gasteiger partial charge on any atom is 0.0345 e. The first-order chi connectivity index (χ1) is 6.23. The SMILES string of the molecule is CCC1(C)CCCN(C2CNC2)C1. The van der Waals surface area contributed by atoms with Gasteiger partial charge in [0.1, 0.15) is 0 Å². The molecule has 13 heavy (non-hydrogen) atoms.